The lowest BCUT2D eigenvalue weighted by molar-refractivity contribution is -0.311. The van der Waals surface area contributed by atoms with E-state index in [0.717, 1.165) is 38.0 Å². The van der Waals surface area contributed by atoms with Crippen LogP contribution in [0.4, 0.5) is 0 Å². The van der Waals surface area contributed by atoms with Crippen LogP contribution < -0.4 is 4.74 Å². The van der Waals surface area contributed by atoms with Crippen molar-refractivity contribution in [2.45, 2.75) is 95.5 Å². The fourth-order valence-electron chi connectivity index (χ4n) is 9.01. The molecule has 170 valence electrons. The average molecular weight is 426 g/mol. The summed E-state index contributed by atoms with van der Waals surface area (Å²) in [4.78, 5) is 2.62. The van der Waals surface area contributed by atoms with Crippen LogP contribution in [0.15, 0.2) is 12.1 Å². The second-order valence-corrected chi connectivity index (χ2v) is 12.6. The zero-order valence-corrected chi connectivity index (χ0v) is 20.3. The summed E-state index contributed by atoms with van der Waals surface area (Å²) in [5.41, 5.74) is 2.85. The summed E-state index contributed by atoms with van der Waals surface area (Å²) in [7, 11) is 4.19. The normalized spacial score (nSPS) is 44.6. The number of methoxy groups -OCH3 is 1. The quantitative estimate of drug-likeness (QED) is 0.770. The van der Waals surface area contributed by atoms with Gasteiger partial charge in [-0.05, 0) is 76.1 Å². The lowest BCUT2D eigenvalue weighted by Gasteiger charge is -2.75. The van der Waals surface area contributed by atoms with Crippen LogP contribution in [-0.4, -0.2) is 54.1 Å². The predicted octanol–water partition coefficient (Wildman–Crippen LogP) is 4.24. The molecule has 3 saturated carbocycles. The Bertz CT molecular complexity index is 964. The monoisotopic (exact) mass is 425 g/mol. The van der Waals surface area contributed by atoms with Gasteiger partial charge in [0, 0.05) is 35.5 Å². The third kappa shape index (κ3) is 1.98. The van der Waals surface area contributed by atoms with Gasteiger partial charge in [-0.15, -0.1) is 0 Å². The summed E-state index contributed by atoms with van der Waals surface area (Å²) >= 11 is 0. The van der Waals surface area contributed by atoms with Crippen LogP contribution in [-0.2, 0) is 16.6 Å². The van der Waals surface area contributed by atoms with E-state index in [1.54, 1.807) is 0 Å². The molecule has 0 aromatic heterocycles. The number of aryl methyl sites for hydroxylation is 1. The topological polar surface area (TPSA) is 41.9 Å². The van der Waals surface area contributed by atoms with E-state index in [2.05, 4.69) is 58.7 Å². The Labute approximate surface area is 187 Å². The van der Waals surface area contributed by atoms with E-state index >= 15 is 0 Å². The molecule has 6 unspecified atom stereocenters. The summed E-state index contributed by atoms with van der Waals surface area (Å²) in [6, 6.07) is 5.12. The van der Waals surface area contributed by atoms with Crippen LogP contribution in [0.1, 0.15) is 70.1 Å². The number of fused-ring (bicyclic) bond motifs is 2. The van der Waals surface area contributed by atoms with Gasteiger partial charge in [0.25, 0.3) is 0 Å². The van der Waals surface area contributed by atoms with Crippen molar-refractivity contribution in [3.63, 3.8) is 0 Å². The van der Waals surface area contributed by atoms with Gasteiger partial charge in [-0.25, -0.2) is 0 Å². The summed E-state index contributed by atoms with van der Waals surface area (Å²) in [5.74, 6) is 1.18. The fraction of sp³-hybridized carbons (Fsp3) is 0.778. The van der Waals surface area contributed by atoms with Gasteiger partial charge in [-0.2, -0.15) is 0 Å². The molecule has 6 aliphatic rings. The number of hydrogen-bond donors (Lipinski definition) is 1. The van der Waals surface area contributed by atoms with E-state index in [9.17, 15) is 5.11 Å². The molecule has 7 atom stereocenters. The number of benzene rings is 1. The molecular formula is C27H39NO3. The molecule has 0 radical (unpaired) electrons. The van der Waals surface area contributed by atoms with Gasteiger partial charge in [0.15, 0.2) is 0 Å². The van der Waals surface area contributed by atoms with Gasteiger partial charge in [0.2, 0.25) is 0 Å². The molecule has 4 aliphatic carbocycles. The Balaban J connectivity index is 1.66. The highest BCUT2D eigenvalue weighted by Gasteiger charge is 2.82. The number of likely N-dealkylation sites (N-methyl/N-ethyl adjacent to an activating group) is 1. The molecule has 1 aromatic carbocycles. The van der Waals surface area contributed by atoms with Gasteiger partial charge in [-0.3, -0.25) is 0 Å². The fourth-order valence-corrected chi connectivity index (χ4v) is 9.01. The molecule has 1 saturated heterocycles. The first kappa shape index (κ1) is 20.5. The second-order valence-electron chi connectivity index (χ2n) is 12.6. The first-order valence-corrected chi connectivity index (χ1v) is 12.2. The molecule has 7 rings (SSSR count). The van der Waals surface area contributed by atoms with Gasteiger partial charge in [-0.1, -0.05) is 32.9 Å². The zero-order valence-electron chi connectivity index (χ0n) is 20.3. The highest BCUT2D eigenvalue weighted by molar-refractivity contribution is 5.61. The molecule has 4 nitrogen and oxygen atoms in total. The Kier molecular flexibility index (Phi) is 3.76. The predicted molar refractivity (Wildman–Crippen MR) is 122 cm³/mol. The van der Waals surface area contributed by atoms with Crippen LogP contribution in [0.3, 0.4) is 0 Å². The van der Waals surface area contributed by atoms with Crippen LogP contribution in [0.25, 0.3) is 0 Å². The minimum Gasteiger partial charge on any atom is -0.486 e. The summed E-state index contributed by atoms with van der Waals surface area (Å²) in [5, 5.41) is 12.1. The summed E-state index contributed by atoms with van der Waals surface area (Å²) in [6.45, 7) is 11.9. The molecule has 31 heavy (non-hydrogen) atoms. The average Bonchev–Trinajstić information content (AvgIpc) is 3.08. The maximum Gasteiger partial charge on any atom is 0.138 e. The first-order chi connectivity index (χ1) is 14.5. The van der Waals surface area contributed by atoms with Gasteiger partial charge in [0.05, 0.1) is 5.60 Å². The van der Waals surface area contributed by atoms with Crippen molar-refractivity contribution < 1.29 is 14.6 Å². The Morgan fingerprint density at radius 1 is 1.16 bits per heavy atom. The third-order valence-electron chi connectivity index (χ3n) is 11.0. The smallest absolute Gasteiger partial charge is 0.138 e. The van der Waals surface area contributed by atoms with E-state index in [4.69, 9.17) is 9.47 Å². The van der Waals surface area contributed by atoms with E-state index in [1.165, 1.54) is 23.1 Å². The van der Waals surface area contributed by atoms with E-state index < -0.39 is 11.2 Å². The van der Waals surface area contributed by atoms with E-state index in [1.807, 2.05) is 7.11 Å². The van der Waals surface area contributed by atoms with E-state index in [-0.39, 0.29) is 28.3 Å². The van der Waals surface area contributed by atoms with Crippen molar-refractivity contribution in [2.24, 2.45) is 16.7 Å². The lowest BCUT2D eigenvalue weighted by atomic mass is 9.33. The standard InChI is InChI=1S/C27H39NO3/c1-16-8-9-17-14-19-25-10-11-27(30-7,18(15-25)24(5,29)23(2,3)4)22-26(25,12-13-28(19)6)20(17)21(16)31-22/h8-9,18-19,22,29H,10-15H2,1-7H3/t18?,19?,22?,24?,25?,26?,27-/m1/s1. The maximum atomic E-state index is 12.1. The molecule has 4 fully saturated rings. The van der Waals surface area contributed by atoms with Crippen molar-refractivity contribution in [1.82, 2.24) is 4.90 Å². The number of rotatable bonds is 2. The molecule has 2 heterocycles. The Hall–Kier alpha value is -1.10. The zero-order chi connectivity index (χ0) is 22.2. The highest BCUT2D eigenvalue weighted by Crippen LogP contribution is 2.77. The minimum absolute atomic E-state index is 0.0117. The number of ether oxygens (including phenoxy) is 2. The van der Waals surface area contributed by atoms with Crippen molar-refractivity contribution in [2.75, 3.05) is 20.7 Å². The molecular weight excluding hydrogens is 386 g/mol. The van der Waals surface area contributed by atoms with Crippen molar-refractivity contribution in [3.05, 3.63) is 28.8 Å². The van der Waals surface area contributed by atoms with Gasteiger partial charge in [0.1, 0.15) is 17.5 Å². The number of piperidine rings is 1. The lowest BCUT2D eigenvalue weighted by Crippen LogP contribution is -2.83. The molecule has 0 amide bonds. The summed E-state index contributed by atoms with van der Waals surface area (Å²) in [6.07, 6.45) is 5.37. The SMILES string of the molecule is CO[C@]12CCC3(CC1C(C)(O)C(C)(C)C)C1Cc4ccc(C)c5c4C3(CCN1C)C2O5. The molecule has 4 bridgehead atoms. The Morgan fingerprint density at radius 3 is 2.58 bits per heavy atom. The second kappa shape index (κ2) is 5.69. The Morgan fingerprint density at radius 2 is 1.90 bits per heavy atom. The first-order valence-electron chi connectivity index (χ1n) is 12.2. The molecule has 4 heteroatoms. The van der Waals surface area contributed by atoms with Crippen molar-refractivity contribution in [3.8, 4) is 5.75 Å². The number of nitrogens with zero attached hydrogens (tertiary/aromatic N) is 1. The maximum absolute atomic E-state index is 12.1. The van der Waals surface area contributed by atoms with Crippen LogP contribution in [0.5, 0.6) is 5.75 Å². The number of hydrogen-bond acceptors (Lipinski definition) is 4. The highest BCUT2D eigenvalue weighted by atomic mass is 16.6. The van der Waals surface area contributed by atoms with Gasteiger partial charge >= 0.3 is 0 Å². The molecule has 2 spiro atoms. The molecule has 1 N–H and O–H groups in total. The van der Waals surface area contributed by atoms with Crippen molar-refractivity contribution >= 4 is 0 Å². The minimum atomic E-state index is -0.849. The number of aliphatic hydroxyl groups is 1. The van der Waals surface area contributed by atoms with E-state index in [0.29, 0.717) is 6.04 Å². The number of likely N-dealkylation sites (tertiary alicyclic amines) is 1. The van der Waals surface area contributed by atoms with Crippen LogP contribution in [0.2, 0.25) is 0 Å². The van der Waals surface area contributed by atoms with Crippen molar-refractivity contribution in [1.29, 1.82) is 0 Å². The van der Waals surface area contributed by atoms with Gasteiger partial charge < -0.3 is 19.5 Å². The summed E-state index contributed by atoms with van der Waals surface area (Å²) < 4.78 is 13.6. The third-order valence-corrected chi connectivity index (χ3v) is 11.0. The van der Waals surface area contributed by atoms with Crippen LogP contribution >= 0.6 is 0 Å². The largest absolute Gasteiger partial charge is 0.486 e. The molecule has 2 aliphatic heterocycles. The molecule has 1 aromatic rings. The van der Waals surface area contributed by atoms with Crippen LogP contribution in [0, 0.1) is 23.7 Å².